The minimum atomic E-state index is 0.837. The van der Waals surface area contributed by atoms with Crippen molar-refractivity contribution in [2.24, 2.45) is 0 Å². The van der Waals surface area contributed by atoms with Crippen LogP contribution in [0.5, 0.6) is 23.0 Å². The van der Waals surface area contributed by atoms with Crippen LogP contribution in [-0.4, -0.2) is 28.4 Å². The normalized spacial score (nSPS) is 11.3. The van der Waals surface area contributed by atoms with Gasteiger partial charge in [0, 0.05) is 52.5 Å². The van der Waals surface area contributed by atoms with Gasteiger partial charge in [-0.05, 0) is 58.7 Å². The molecule has 0 bridgehead atoms. The van der Waals surface area contributed by atoms with Crippen LogP contribution >= 0.6 is 34.0 Å². The van der Waals surface area contributed by atoms with Crippen molar-refractivity contribution in [3.63, 3.8) is 0 Å². The molecule has 7 heteroatoms. The fourth-order valence-corrected chi connectivity index (χ4v) is 11.8. The predicted molar refractivity (Wildman–Crippen MR) is 234 cm³/mol. The van der Waals surface area contributed by atoms with E-state index in [0.717, 1.165) is 78.6 Å². The Balaban J connectivity index is 1.27. The lowest BCUT2D eigenvalue weighted by atomic mass is 9.90. The molecular formula is C48H36O4S3. The first-order chi connectivity index (χ1) is 27.1. The third-order valence-corrected chi connectivity index (χ3v) is 13.8. The molecule has 0 fully saturated rings. The Kier molecular flexibility index (Phi) is 9.36. The Hall–Kier alpha value is -5.86. The van der Waals surface area contributed by atoms with E-state index in [-0.39, 0.29) is 0 Å². The van der Waals surface area contributed by atoms with Crippen LogP contribution < -0.4 is 18.9 Å². The number of rotatable bonds is 10. The SMILES string of the molecule is COc1ccccc1-c1cccc(-c2ccccc2OC)c1-c1cc2sc3cc(-c4c(-c5ccccc5OC)cccc4-c4ccccc4OC)sc3c2s1. The maximum absolute atomic E-state index is 5.91. The second-order valence-electron chi connectivity index (χ2n) is 13.0. The molecule has 0 saturated carbocycles. The zero-order chi connectivity index (χ0) is 37.5. The quantitative estimate of drug-likeness (QED) is 0.139. The van der Waals surface area contributed by atoms with Gasteiger partial charge in [0.15, 0.2) is 0 Å². The zero-order valence-electron chi connectivity index (χ0n) is 30.7. The summed E-state index contributed by atoms with van der Waals surface area (Å²) in [6.45, 7) is 0. The molecule has 0 aliphatic heterocycles. The van der Waals surface area contributed by atoms with Crippen molar-refractivity contribution in [1.82, 2.24) is 0 Å². The maximum atomic E-state index is 5.91. The van der Waals surface area contributed by atoms with Crippen LogP contribution in [0.4, 0.5) is 0 Å². The monoisotopic (exact) mass is 772 g/mol. The molecule has 4 nitrogen and oxygen atoms in total. The molecule has 9 aromatic rings. The molecule has 0 unspecified atom stereocenters. The molecule has 3 aromatic heterocycles. The number of hydrogen-bond acceptors (Lipinski definition) is 7. The molecule has 0 radical (unpaired) electrons. The van der Waals surface area contributed by atoms with E-state index in [2.05, 4.69) is 97.1 Å². The Morgan fingerprint density at radius 2 is 0.582 bits per heavy atom. The van der Waals surface area contributed by atoms with E-state index in [4.69, 9.17) is 18.9 Å². The van der Waals surface area contributed by atoms with E-state index in [1.165, 1.54) is 28.6 Å². The maximum Gasteiger partial charge on any atom is 0.126 e. The number of fused-ring (bicyclic) bond motifs is 3. The Morgan fingerprint density at radius 1 is 0.309 bits per heavy atom. The van der Waals surface area contributed by atoms with Crippen molar-refractivity contribution in [2.45, 2.75) is 0 Å². The lowest BCUT2D eigenvalue weighted by molar-refractivity contribution is 0.416. The van der Waals surface area contributed by atoms with Crippen LogP contribution in [0.2, 0.25) is 0 Å². The van der Waals surface area contributed by atoms with Crippen LogP contribution in [0, 0.1) is 0 Å². The van der Waals surface area contributed by atoms with Gasteiger partial charge in [-0.2, -0.15) is 0 Å². The van der Waals surface area contributed by atoms with Crippen LogP contribution in [0.25, 0.3) is 84.2 Å². The molecule has 0 spiro atoms. The number of ether oxygens (including phenoxy) is 4. The number of benzene rings is 6. The first-order valence-electron chi connectivity index (χ1n) is 17.9. The summed E-state index contributed by atoms with van der Waals surface area (Å²) in [5, 5.41) is 0. The minimum absolute atomic E-state index is 0.837. The highest BCUT2D eigenvalue weighted by Crippen LogP contribution is 2.54. The van der Waals surface area contributed by atoms with Crippen molar-refractivity contribution in [1.29, 1.82) is 0 Å². The van der Waals surface area contributed by atoms with E-state index >= 15 is 0 Å². The molecule has 9 rings (SSSR count). The van der Waals surface area contributed by atoms with Crippen molar-refractivity contribution in [2.75, 3.05) is 28.4 Å². The first-order valence-corrected chi connectivity index (χ1v) is 20.3. The third-order valence-electron chi connectivity index (χ3n) is 10.0. The van der Waals surface area contributed by atoms with E-state index in [1.54, 1.807) is 28.4 Å². The summed E-state index contributed by atoms with van der Waals surface area (Å²) in [6, 6.07) is 50.8. The second-order valence-corrected chi connectivity index (χ2v) is 16.2. The van der Waals surface area contributed by atoms with Crippen LogP contribution in [-0.2, 0) is 0 Å². The van der Waals surface area contributed by atoms with Gasteiger partial charge in [0.25, 0.3) is 0 Å². The van der Waals surface area contributed by atoms with Crippen LogP contribution in [0.3, 0.4) is 0 Å². The molecule has 6 aromatic carbocycles. The van der Waals surface area contributed by atoms with Crippen molar-refractivity contribution in [3.05, 3.63) is 146 Å². The minimum Gasteiger partial charge on any atom is -0.496 e. The highest BCUT2D eigenvalue weighted by molar-refractivity contribution is 7.40. The van der Waals surface area contributed by atoms with Gasteiger partial charge in [0.1, 0.15) is 23.0 Å². The highest BCUT2D eigenvalue weighted by Gasteiger charge is 2.24. The lowest BCUT2D eigenvalue weighted by Gasteiger charge is -2.18. The molecular weight excluding hydrogens is 737 g/mol. The molecule has 0 saturated heterocycles. The van der Waals surface area contributed by atoms with Gasteiger partial charge >= 0.3 is 0 Å². The fourth-order valence-electron chi connectivity index (χ4n) is 7.58. The van der Waals surface area contributed by atoms with E-state index in [1.807, 2.05) is 82.5 Å². The molecule has 0 amide bonds. The topological polar surface area (TPSA) is 36.9 Å². The number of para-hydroxylation sites is 4. The molecule has 0 aliphatic rings. The summed E-state index contributed by atoms with van der Waals surface area (Å²) in [6.07, 6.45) is 0. The van der Waals surface area contributed by atoms with E-state index < -0.39 is 0 Å². The second kappa shape index (κ2) is 14.8. The smallest absolute Gasteiger partial charge is 0.126 e. The van der Waals surface area contributed by atoms with E-state index in [9.17, 15) is 0 Å². The predicted octanol–water partition coefficient (Wildman–Crippen LogP) is 14.2. The summed E-state index contributed by atoms with van der Waals surface area (Å²) >= 11 is 5.56. The number of hydrogen-bond donors (Lipinski definition) is 0. The van der Waals surface area contributed by atoms with E-state index in [0.29, 0.717) is 0 Å². The highest BCUT2D eigenvalue weighted by atomic mass is 32.1. The lowest BCUT2D eigenvalue weighted by Crippen LogP contribution is -1.94. The molecule has 55 heavy (non-hydrogen) atoms. The zero-order valence-corrected chi connectivity index (χ0v) is 33.2. The average molecular weight is 773 g/mol. The van der Waals surface area contributed by atoms with Gasteiger partial charge in [-0.15, -0.1) is 34.0 Å². The summed E-state index contributed by atoms with van der Waals surface area (Å²) in [5.41, 5.74) is 11.0. The van der Waals surface area contributed by atoms with Crippen LogP contribution in [0.1, 0.15) is 0 Å². The summed E-state index contributed by atoms with van der Waals surface area (Å²) in [4.78, 5) is 2.40. The molecule has 0 aliphatic carbocycles. The van der Waals surface area contributed by atoms with Gasteiger partial charge in [-0.1, -0.05) is 109 Å². The van der Waals surface area contributed by atoms with Crippen LogP contribution in [0.15, 0.2) is 146 Å². The molecule has 0 atom stereocenters. The Morgan fingerprint density at radius 3 is 0.873 bits per heavy atom. The molecule has 0 N–H and O–H groups in total. The van der Waals surface area contributed by atoms with Gasteiger partial charge in [-0.3, -0.25) is 0 Å². The van der Waals surface area contributed by atoms with Gasteiger partial charge in [0.2, 0.25) is 0 Å². The molecule has 270 valence electrons. The average Bonchev–Trinajstić information content (AvgIpc) is 3.94. The standard InChI is InChI=1S/C48H36O4S3/c1-49-37-23-9-5-15-29(37)33-19-13-20-34(30-16-6-10-24-38(30)50-2)45(33)41-27-43-47(54-41)48-44(53-43)28-42(55-48)46-35(31-17-7-11-25-39(31)51-3)21-14-22-36(46)32-18-8-12-26-40(32)52-4/h5-28H,1-4H3. The number of methoxy groups -OCH3 is 4. The summed E-state index contributed by atoms with van der Waals surface area (Å²) in [7, 11) is 6.94. The van der Waals surface area contributed by atoms with Gasteiger partial charge in [0.05, 0.1) is 37.8 Å². The summed E-state index contributed by atoms with van der Waals surface area (Å²) in [5.74, 6) is 3.35. The first kappa shape index (κ1) is 34.9. The molecule has 3 heterocycles. The van der Waals surface area contributed by atoms with Gasteiger partial charge in [-0.25, -0.2) is 0 Å². The summed E-state index contributed by atoms with van der Waals surface area (Å²) < 4.78 is 28.8. The Bertz CT molecular complexity index is 2520. The number of thiophene rings is 3. The Labute approximate surface area is 332 Å². The van der Waals surface area contributed by atoms with Gasteiger partial charge < -0.3 is 18.9 Å². The largest absolute Gasteiger partial charge is 0.496 e. The van der Waals surface area contributed by atoms with Crippen molar-refractivity contribution in [3.8, 4) is 88.4 Å². The van der Waals surface area contributed by atoms with Crippen molar-refractivity contribution >= 4 is 52.8 Å². The third kappa shape index (κ3) is 6.05. The fraction of sp³-hybridized carbons (Fsp3) is 0.0833. The van der Waals surface area contributed by atoms with Crippen molar-refractivity contribution < 1.29 is 18.9 Å².